The van der Waals surface area contributed by atoms with Gasteiger partial charge in [0.05, 0.1) is 0 Å². The van der Waals surface area contributed by atoms with Gasteiger partial charge in [-0.1, -0.05) is 48.0 Å². The highest BCUT2D eigenvalue weighted by atomic mass is 15.2. The van der Waals surface area contributed by atoms with Crippen molar-refractivity contribution in [3.8, 4) is 0 Å². The van der Waals surface area contributed by atoms with E-state index in [0.29, 0.717) is 11.0 Å². The Balaban J connectivity index is 2.67. The summed E-state index contributed by atoms with van der Waals surface area (Å²) in [6, 6.07) is 0.749. The van der Waals surface area contributed by atoms with Crippen molar-refractivity contribution in [3.63, 3.8) is 0 Å². The Kier molecular flexibility index (Phi) is 6.32. The van der Waals surface area contributed by atoms with E-state index < -0.39 is 0 Å². The van der Waals surface area contributed by atoms with Gasteiger partial charge in [0.2, 0.25) is 0 Å². The van der Waals surface area contributed by atoms with E-state index in [1.54, 1.807) is 0 Å². The molecule has 19 heavy (non-hydrogen) atoms. The minimum Gasteiger partial charge on any atom is -0.308 e. The monoisotopic (exact) mass is 268 g/mol. The lowest BCUT2D eigenvalue weighted by atomic mass is 9.86. The van der Waals surface area contributed by atoms with Crippen molar-refractivity contribution in [3.05, 3.63) is 0 Å². The van der Waals surface area contributed by atoms with Crippen LogP contribution in [-0.2, 0) is 0 Å². The van der Waals surface area contributed by atoms with Gasteiger partial charge in [-0.15, -0.1) is 0 Å². The van der Waals surface area contributed by atoms with Crippen LogP contribution in [0, 0.1) is 5.41 Å². The van der Waals surface area contributed by atoms with Crippen molar-refractivity contribution in [1.29, 1.82) is 0 Å². The van der Waals surface area contributed by atoms with E-state index in [1.807, 2.05) is 0 Å². The van der Waals surface area contributed by atoms with Crippen LogP contribution in [0.5, 0.6) is 0 Å². The molecule has 114 valence electrons. The second-order valence-corrected chi connectivity index (χ2v) is 7.59. The highest BCUT2D eigenvalue weighted by molar-refractivity contribution is 4.96. The van der Waals surface area contributed by atoms with Crippen molar-refractivity contribution in [2.45, 2.75) is 85.2 Å². The summed E-state index contributed by atoms with van der Waals surface area (Å²) in [7, 11) is 0. The smallest absolute Gasteiger partial charge is 0.0304 e. The molecule has 0 radical (unpaired) electrons. The van der Waals surface area contributed by atoms with Crippen LogP contribution in [0.25, 0.3) is 0 Å². The van der Waals surface area contributed by atoms with Crippen LogP contribution in [0.2, 0.25) is 0 Å². The molecule has 1 atom stereocenters. The van der Waals surface area contributed by atoms with Crippen molar-refractivity contribution < 1.29 is 0 Å². The SMILES string of the molecule is CCCC1CNC(CC)(CC)CN1CCC(C)(C)C. The third kappa shape index (κ3) is 5.07. The molecule has 1 fully saturated rings. The lowest BCUT2D eigenvalue weighted by Crippen LogP contribution is -2.64. The number of rotatable bonds is 6. The molecule has 0 aromatic rings. The fraction of sp³-hybridized carbons (Fsp3) is 1.00. The molecule has 1 rings (SSSR count). The molecule has 1 saturated heterocycles. The summed E-state index contributed by atoms with van der Waals surface area (Å²) in [5.41, 5.74) is 0.810. The van der Waals surface area contributed by atoms with Crippen LogP contribution in [0.1, 0.15) is 73.6 Å². The van der Waals surface area contributed by atoms with Crippen LogP contribution >= 0.6 is 0 Å². The molecule has 0 spiro atoms. The highest BCUT2D eigenvalue weighted by Crippen LogP contribution is 2.27. The summed E-state index contributed by atoms with van der Waals surface area (Å²) in [5, 5.41) is 3.85. The summed E-state index contributed by atoms with van der Waals surface area (Å²) < 4.78 is 0. The lowest BCUT2D eigenvalue weighted by molar-refractivity contribution is 0.0591. The molecule has 1 aliphatic heterocycles. The number of hydrogen-bond acceptors (Lipinski definition) is 2. The second-order valence-electron chi connectivity index (χ2n) is 7.59. The van der Waals surface area contributed by atoms with Crippen LogP contribution in [0.4, 0.5) is 0 Å². The molecular weight excluding hydrogens is 232 g/mol. The molecule has 0 aliphatic carbocycles. The van der Waals surface area contributed by atoms with E-state index in [0.717, 1.165) is 6.04 Å². The standard InChI is InChI=1S/C17H36N2/c1-7-10-15-13-18-17(8-2,9-3)14-19(15)12-11-16(4,5)6/h15,18H,7-14H2,1-6H3. The molecule has 0 saturated carbocycles. The number of nitrogens with one attached hydrogen (secondary N) is 1. The van der Waals surface area contributed by atoms with E-state index in [1.165, 1.54) is 51.7 Å². The van der Waals surface area contributed by atoms with Crippen molar-refractivity contribution in [2.24, 2.45) is 5.41 Å². The van der Waals surface area contributed by atoms with Crippen molar-refractivity contribution in [1.82, 2.24) is 10.2 Å². The molecule has 0 bridgehead atoms. The zero-order valence-electron chi connectivity index (χ0n) is 14.2. The Bertz CT molecular complexity index is 250. The average Bonchev–Trinajstić information content (AvgIpc) is 2.37. The maximum atomic E-state index is 3.85. The number of hydrogen-bond donors (Lipinski definition) is 1. The zero-order valence-corrected chi connectivity index (χ0v) is 14.2. The van der Waals surface area contributed by atoms with Gasteiger partial charge in [-0.3, -0.25) is 4.90 Å². The maximum Gasteiger partial charge on any atom is 0.0304 e. The van der Waals surface area contributed by atoms with Crippen molar-refractivity contribution in [2.75, 3.05) is 19.6 Å². The quantitative estimate of drug-likeness (QED) is 0.781. The summed E-state index contributed by atoms with van der Waals surface area (Å²) in [4.78, 5) is 2.78. The molecule has 0 aromatic carbocycles. The molecule has 2 nitrogen and oxygen atoms in total. The fourth-order valence-electron chi connectivity index (χ4n) is 3.12. The molecule has 0 amide bonds. The van der Waals surface area contributed by atoms with Gasteiger partial charge >= 0.3 is 0 Å². The van der Waals surface area contributed by atoms with E-state index in [4.69, 9.17) is 0 Å². The Morgan fingerprint density at radius 1 is 1.16 bits per heavy atom. The maximum absolute atomic E-state index is 3.85. The third-order valence-corrected chi connectivity index (χ3v) is 4.86. The van der Waals surface area contributed by atoms with E-state index in [2.05, 4.69) is 51.8 Å². The van der Waals surface area contributed by atoms with E-state index in [9.17, 15) is 0 Å². The van der Waals surface area contributed by atoms with Crippen LogP contribution in [0.3, 0.4) is 0 Å². The first-order chi connectivity index (χ1) is 8.86. The van der Waals surface area contributed by atoms with E-state index in [-0.39, 0.29) is 0 Å². The van der Waals surface area contributed by atoms with Crippen LogP contribution in [-0.4, -0.2) is 36.1 Å². The summed E-state index contributed by atoms with van der Waals surface area (Å²) >= 11 is 0. The first kappa shape index (κ1) is 17.0. The Hall–Kier alpha value is -0.0800. The highest BCUT2D eigenvalue weighted by Gasteiger charge is 2.36. The lowest BCUT2D eigenvalue weighted by Gasteiger charge is -2.48. The Labute approximate surface area is 121 Å². The van der Waals surface area contributed by atoms with Gasteiger partial charge in [0.25, 0.3) is 0 Å². The Morgan fingerprint density at radius 3 is 2.26 bits per heavy atom. The topological polar surface area (TPSA) is 15.3 Å². The zero-order chi connectivity index (χ0) is 14.5. The fourth-order valence-corrected chi connectivity index (χ4v) is 3.12. The minimum absolute atomic E-state index is 0.363. The molecule has 2 heteroatoms. The van der Waals surface area contributed by atoms with Crippen molar-refractivity contribution >= 4 is 0 Å². The largest absolute Gasteiger partial charge is 0.308 e. The van der Waals surface area contributed by atoms with Gasteiger partial charge in [-0.25, -0.2) is 0 Å². The number of nitrogens with zero attached hydrogens (tertiary/aromatic N) is 1. The first-order valence-corrected chi connectivity index (χ1v) is 8.35. The first-order valence-electron chi connectivity index (χ1n) is 8.35. The summed E-state index contributed by atoms with van der Waals surface area (Å²) in [6.07, 6.45) is 6.42. The molecule has 1 unspecified atom stereocenters. The molecule has 1 aliphatic rings. The second kappa shape index (κ2) is 7.08. The van der Waals surface area contributed by atoms with Gasteiger partial charge in [0.15, 0.2) is 0 Å². The van der Waals surface area contributed by atoms with Crippen LogP contribution in [0.15, 0.2) is 0 Å². The van der Waals surface area contributed by atoms with Gasteiger partial charge in [-0.05, 0) is 37.6 Å². The Morgan fingerprint density at radius 2 is 1.79 bits per heavy atom. The molecule has 1 heterocycles. The summed E-state index contributed by atoms with van der Waals surface area (Å²) in [6.45, 7) is 17.7. The normalized spacial score (nSPS) is 24.6. The van der Waals surface area contributed by atoms with Crippen LogP contribution < -0.4 is 5.32 Å². The predicted octanol–water partition coefficient (Wildman–Crippen LogP) is 4.06. The summed E-state index contributed by atoms with van der Waals surface area (Å²) in [5.74, 6) is 0. The number of piperazine rings is 1. The van der Waals surface area contributed by atoms with Gasteiger partial charge in [0.1, 0.15) is 0 Å². The molecule has 1 N–H and O–H groups in total. The van der Waals surface area contributed by atoms with Gasteiger partial charge in [-0.2, -0.15) is 0 Å². The van der Waals surface area contributed by atoms with E-state index >= 15 is 0 Å². The van der Waals surface area contributed by atoms with Gasteiger partial charge < -0.3 is 5.32 Å². The third-order valence-electron chi connectivity index (χ3n) is 4.86. The molecular formula is C17H36N2. The average molecular weight is 268 g/mol. The predicted molar refractivity (Wildman–Crippen MR) is 85.7 cm³/mol. The van der Waals surface area contributed by atoms with Gasteiger partial charge in [0, 0.05) is 24.7 Å². The molecule has 0 aromatic heterocycles. The minimum atomic E-state index is 0.363.